The lowest BCUT2D eigenvalue weighted by Gasteiger charge is -2.30. The van der Waals surface area contributed by atoms with Crippen LogP contribution < -0.4 is 5.32 Å². The normalized spacial score (nSPS) is 23.0. The molecule has 1 saturated heterocycles. The number of benzene rings is 1. The monoisotopic (exact) mass is 336 g/mol. The number of hydrogen-bond acceptors (Lipinski definition) is 3. The molecule has 23 heavy (non-hydrogen) atoms. The summed E-state index contributed by atoms with van der Waals surface area (Å²) in [7, 11) is -3.21. The molecule has 0 atom stereocenters. The van der Waals surface area contributed by atoms with Gasteiger partial charge in [0.1, 0.15) is 0 Å². The second-order valence-corrected chi connectivity index (χ2v) is 8.72. The minimum Gasteiger partial charge on any atom is -0.354 e. The zero-order valence-electron chi connectivity index (χ0n) is 13.3. The van der Waals surface area contributed by atoms with Gasteiger partial charge >= 0.3 is 0 Å². The first-order valence-electron chi connectivity index (χ1n) is 8.32. The van der Waals surface area contributed by atoms with Gasteiger partial charge in [-0.3, -0.25) is 4.79 Å². The highest BCUT2D eigenvalue weighted by molar-refractivity contribution is 7.89. The highest BCUT2D eigenvalue weighted by atomic mass is 32.2. The second-order valence-electron chi connectivity index (χ2n) is 6.63. The molecule has 0 aromatic heterocycles. The third-order valence-electron chi connectivity index (χ3n) is 5.09. The summed E-state index contributed by atoms with van der Waals surface area (Å²) in [5.74, 6) is -0.0356. The van der Waals surface area contributed by atoms with Gasteiger partial charge in [-0.2, -0.15) is 4.31 Å². The summed E-state index contributed by atoms with van der Waals surface area (Å²) in [6.07, 6.45) is 5.10. The third-order valence-corrected chi connectivity index (χ3v) is 7.00. The number of hydrogen-bond donors (Lipinski definition) is 1. The van der Waals surface area contributed by atoms with Crippen LogP contribution in [0.2, 0.25) is 0 Å². The lowest BCUT2D eigenvalue weighted by molar-refractivity contribution is -0.121. The van der Waals surface area contributed by atoms with Crippen LogP contribution in [0.3, 0.4) is 0 Å². The predicted molar refractivity (Wildman–Crippen MR) is 89.6 cm³/mol. The fourth-order valence-electron chi connectivity index (χ4n) is 3.76. The van der Waals surface area contributed by atoms with Gasteiger partial charge in [0.2, 0.25) is 15.9 Å². The summed E-state index contributed by atoms with van der Waals surface area (Å²) in [6.45, 7) is 0.997. The molecule has 0 bridgehead atoms. The predicted octanol–water partition coefficient (Wildman–Crippen LogP) is 1.65. The van der Waals surface area contributed by atoms with E-state index in [-0.39, 0.29) is 23.6 Å². The molecule has 1 amide bonds. The van der Waals surface area contributed by atoms with Crippen LogP contribution >= 0.6 is 0 Å². The Hall–Kier alpha value is -1.40. The molecule has 2 fully saturated rings. The first-order valence-corrected chi connectivity index (χ1v) is 9.93. The third kappa shape index (κ3) is 3.58. The Morgan fingerprint density at radius 2 is 1.83 bits per heavy atom. The van der Waals surface area contributed by atoms with Crippen molar-refractivity contribution in [3.63, 3.8) is 0 Å². The lowest BCUT2D eigenvalue weighted by atomic mass is 9.79. The maximum atomic E-state index is 12.2. The van der Waals surface area contributed by atoms with E-state index in [4.69, 9.17) is 0 Å². The Bertz CT molecular complexity index is 652. The van der Waals surface area contributed by atoms with Crippen molar-refractivity contribution in [2.45, 2.75) is 37.5 Å². The van der Waals surface area contributed by atoms with Gasteiger partial charge in [-0.1, -0.05) is 43.2 Å². The first-order chi connectivity index (χ1) is 11.0. The number of nitrogens with one attached hydrogen (secondary N) is 1. The van der Waals surface area contributed by atoms with E-state index in [1.807, 2.05) is 18.2 Å². The average molecular weight is 336 g/mol. The molecule has 1 aromatic carbocycles. The van der Waals surface area contributed by atoms with E-state index in [0.717, 1.165) is 12.8 Å². The molecular formula is C17H24N2O3S. The fraction of sp³-hybridized carbons (Fsp3) is 0.588. The smallest absolute Gasteiger partial charge is 0.235 e. The summed E-state index contributed by atoms with van der Waals surface area (Å²) >= 11 is 0. The zero-order valence-corrected chi connectivity index (χ0v) is 14.1. The summed E-state index contributed by atoms with van der Waals surface area (Å²) in [5, 5.41) is 2.98. The summed E-state index contributed by atoms with van der Waals surface area (Å²) < 4.78 is 24.9. The van der Waals surface area contributed by atoms with E-state index in [9.17, 15) is 13.2 Å². The number of carbonyl (C=O) groups excluding carboxylic acids is 1. The maximum Gasteiger partial charge on any atom is 0.235 e. The van der Waals surface area contributed by atoms with Crippen molar-refractivity contribution in [3.8, 4) is 0 Å². The van der Waals surface area contributed by atoms with Gasteiger partial charge in [0.25, 0.3) is 0 Å². The zero-order chi connectivity index (χ0) is 16.3. The Balaban J connectivity index is 1.63. The topological polar surface area (TPSA) is 66.5 Å². The molecule has 0 radical (unpaired) electrons. The Morgan fingerprint density at radius 1 is 1.13 bits per heavy atom. The fourth-order valence-corrected chi connectivity index (χ4v) is 5.24. The highest BCUT2D eigenvalue weighted by Crippen LogP contribution is 2.40. The molecule has 1 aromatic rings. The number of carbonyl (C=O) groups is 1. The van der Waals surface area contributed by atoms with E-state index in [1.54, 1.807) is 0 Å². The molecule has 1 aliphatic carbocycles. The van der Waals surface area contributed by atoms with Gasteiger partial charge in [0, 0.05) is 18.5 Å². The number of sulfonamides is 1. The van der Waals surface area contributed by atoms with Gasteiger partial charge in [0.15, 0.2) is 0 Å². The van der Waals surface area contributed by atoms with Crippen LogP contribution in [0, 0.1) is 0 Å². The van der Waals surface area contributed by atoms with Gasteiger partial charge in [-0.05, 0) is 24.8 Å². The Kier molecular flexibility index (Phi) is 4.73. The SMILES string of the molecule is O=C(CN1CCCS1(=O)=O)NCC1(c2ccccc2)CCCC1. The summed E-state index contributed by atoms with van der Waals surface area (Å²) in [4.78, 5) is 12.2. The molecule has 1 heterocycles. The minimum absolute atomic E-state index is 0.000798. The van der Waals surface area contributed by atoms with Crippen molar-refractivity contribution >= 4 is 15.9 Å². The molecule has 1 N–H and O–H groups in total. The Morgan fingerprint density at radius 3 is 2.43 bits per heavy atom. The van der Waals surface area contributed by atoms with Crippen molar-refractivity contribution in [1.29, 1.82) is 0 Å². The van der Waals surface area contributed by atoms with Crippen molar-refractivity contribution in [2.24, 2.45) is 0 Å². The molecule has 6 heteroatoms. The van der Waals surface area contributed by atoms with Gasteiger partial charge in [-0.25, -0.2) is 8.42 Å². The van der Waals surface area contributed by atoms with Crippen molar-refractivity contribution < 1.29 is 13.2 Å². The average Bonchev–Trinajstić information content (AvgIpc) is 3.14. The molecule has 1 saturated carbocycles. The molecular weight excluding hydrogens is 312 g/mol. The largest absolute Gasteiger partial charge is 0.354 e. The summed E-state index contributed by atoms with van der Waals surface area (Å²) in [6, 6.07) is 10.3. The maximum absolute atomic E-state index is 12.2. The van der Waals surface area contributed by atoms with Crippen LogP contribution in [-0.4, -0.2) is 44.0 Å². The van der Waals surface area contributed by atoms with Crippen molar-refractivity contribution in [1.82, 2.24) is 9.62 Å². The summed E-state index contributed by atoms with van der Waals surface area (Å²) in [5.41, 5.74) is 1.27. The minimum atomic E-state index is -3.21. The molecule has 1 aliphatic heterocycles. The van der Waals surface area contributed by atoms with Gasteiger partial charge in [-0.15, -0.1) is 0 Å². The standard InChI is InChI=1S/C17H24N2O3S/c20-16(13-19-11-6-12-23(19,21)22)18-14-17(9-4-5-10-17)15-7-2-1-3-8-15/h1-3,7-8H,4-6,9-14H2,(H,18,20). The molecule has 0 unspecified atom stereocenters. The van der Waals surface area contributed by atoms with Gasteiger partial charge in [0.05, 0.1) is 12.3 Å². The van der Waals surface area contributed by atoms with E-state index in [0.29, 0.717) is 19.5 Å². The van der Waals surface area contributed by atoms with Crippen LogP contribution in [0.25, 0.3) is 0 Å². The van der Waals surface area contributed by atoms with Crippen LogP contribution in [0.5, 0.6) is 0 Å². The molecule has 126 valence electrons. The quantitative estimate of drug-likeness (QED) is 0.889. The van der Waals surface area contributed by atoms with E-state index in [1.165, 1.54) is 22.7 Å². The second kappa shape index (κ2) is 6.61. The van der Waals surface area contributed by atoms with Gasteiger partial charge < -0.3 is 5.32 Å². The molecule has 2 aliphatic rings. The molecule has 3 rings (SSSR count). The number of amides is 1. The number of rotatable bonds is 5. The van der Waals surface area contributed by atoms with E-state index in [2.05, 4.69) is 17.4 Å². The lowest BCUT2D eigenvalue weighted by Crippen LogP contribution is -2.43. The highest BCUT2D eigenvalue weighted by Gasteiger charge is 2.36. The van der Waals surface area contributed by atoms with Crippen LogP contribution in [0.1, 0.15) is 37.7 Å². The molecule has 0 spiro atoms. The Labute approximate surface area is 138 Å². The van der Waals surface area contributed by atoms with Crippen molar-refractivity contribution in [2.75, 3.05) is 25.4 Å². The molecule has 5 nitrogen and oxygen atoms in total. The number of nitrogens with zero attached hydrogens (tertiary/aromatic N) is 1. The van der Waals surface area contributed by atoms with E-state index >= 15 is 0 Å². The van der Waals surface area contributed by atoms with Crippen LogP contribution in [0.15, 0.2) is 30.3 Å². The van der Waals surface area contributed by atoms with E-state index < -0.39 is 10.0 Å². The first kappa shape index (κ1) is 16.5. The van der Waals surface area contributed by atoms with Crippen LogP contribution in [0.4, 0.5) is 0 Å². The van der Waals surface area contributed by atoms with Crippen molar-refractivity contribution in [3.05, 3.63) is 35.9 Å². The van der Waals surface area contributed by atoms with Crippen LogP contribution in [-0.2, 0) is 20.2 Å².